The molecule has 0 spiro atoms. The summed E-state index contributed by atoms with van der Waals surface area (Å²) >= 11 is 0.147. The summed E-state index contributed by atoms with van der Waals surface area (Å²) in [6.07, 6.45) is 4.49. The Morgan fingerprint density at radius 2 is 1.09 bits per heavy atom. The Kier molecular flexibility index (Phi) is 3.08. The van der Waals surface area contributed by atoms with Gasteiger partial charge in [-0.1, -0.05) is 0 Å². The summed E-state index contributed by atoms with van der Waals surface area (Å²) in [6, 6.07) is 0. The zero-order valence-electron chi connectivity index (χ0n) is 15.4. The van der Waals surface area contributed by atoms with E-state index in [4.69, 9.17) is 0 Å². The second-order valence-electron chi connectivity index (χ2n) is 10.1. The Bertz CT molecular complexity index is 555. The van der Waals surface area contributed by atoms with Crippen LogP contribution in [0.4, 0.5) is 0 Å². The molecule has 2 nitrogen and oxygen atoms in total. The number of rotatable bonds is 2. The topological polar surface area (TPSA) is 34.1 Å². The molecule has 23 heavy (non-hydrogen) atoms. The van der Waals surface area contributed by atoms with Gasteiger partial charge in [-0.2, -0.15) is 0 Å². The molecule has 3 heteroatoms. The van der Waals surface area contributed by atoms with Crippen LogP contribution in [0.1, 0.15) is 67.2 Å². The van der Waals surface area contributed by atoms with Crippen LogP contribution in [0, 0.1) is 33.5 Å². The van der Waals surface area contributed by atoms with E-state index < -0.39 is 0 Å². The number of carbonyl (C=O) groups excluding carboxylic acids is 2. The number of ketones is 2. The molecule has 0 amide bonds. The third-order valence-electron chi connectivity index (χ3n) is 9.24. The van der Waals surface area contributed by atoms with Crippen molar-refractivity contribution in [3.8, 4) is 0 Å². The Hall–Kier alpha value is -0.141. The van der Waals surface area contributed by atoms with Crippen LogP contribution in [0.3, 0.4) is 0 Å². The van der Waals surface area contributed by atoms with Gasteiger partial charge in [-0.3, -0.25) is 0 Å². The number of hydrogen-bond acceptors (Lipinski definition) is 2. The fraction of sp³-hybridized carbons (Fsp3) is 0.900. The van der Waals surface area contributed by atoms with Gasteiger partial charge in [0.1, 0.15) is 0 Å². The number of hydrogen-bond donors (Lipinski definition) is 0. The molecule has 0 aliphatic heterocycles. The van der Waals surface area contributed by atoms with Gasteiger partial charge in [0, 0.05) is 0 Å². The van der Waals surface area contributed by atoms with Crippen molar-refractivity contribution in [2.75, 3.05) is 0 Å². The number of carbonyl (C=O) groups is 2. The van der Waals surface area contributed by atoms with E-state index in [2.05, 4.69) is 41.5 Å². The summed E-state index contributed by atoms with van der Waals surface area (Å²) in [6.45, 7) is 13.6. The molecule has 4 rings (SSSR count). The first-order valence-corrected chi connectivity index (χ1v) is 11.2. The normalized spacial score (nSPS) is 52.6. The summed E-state index contributed by atoms with van der Waals surface area (Å²) < 4.78 is 0. The van der Waals surface area contributed by atoms with Crippen molar-refractivity contribution < 1.29 is 9.59 Å². The second kappa shape index (κ2) is 4.33. The molecule has 0 aromatic heterocycles. The molecular weight excluding hydrogens is 351 g/mol. The number of Topliss-reactive ketones (excluding diaryl/α,β-unsaturated/α-hetero) is 2. The van der Waals surface area contributed by atoms with E-state index in [1.54, 1.807) is 0 Å². The van der Waals surface area contributed by atoms with Gasteiger partial charge in [-0.25, -0.2) is 0 Å². The van der Waals surface area contributed by atoms with Gasteiger partial charge in [-0.05, 0) is 0 Å². The molecule has 0 aromatic rings. The molecule has 0 saturated heterocycles. The molecule has 4 saturated carbocycles. The molecule has 0 radical (unpaired) electrons. The van der Waals surface area contributed by atoms with Gasteiger partial charge in [0.15, 0.2) is 0 Å². The van der Waals surface area contributed by atoms with Crippen molar-refractivity contribution in [2.24, 2.45) is 33.5 Å². The molecule has 0 N–H and O–H groups in total. The average molecular weight is 381 g/mol. The van der Waals surface area contributed by atoms with Gasteiger partial charge >= 0.3 is 146 Å². The van der Waals surface area contributed by atoms with Gasteiger partial charge in [-0.15, -0.1) is 0 Å². The SMILES string of the molecule is CC1(C)[C@@H]2CC[C@@]1(C)C(=O)[C@H]2[Se][C@@H]1C(=O)[C@]2(C)CC[C@H]1C2(C)C. The molecule has 4 aliphatic carbocycles. The minimum atomic E-state index is -0.135. The fourth-order valence-electron chi connectivity index (χ4n) is 6.48. The number of fused-ring (bicyclic) bond motifs is 4. The fourth-order valence-corrected chi connectivity index (χ4v) is 11.5. The zero-order chi connectivity index (χ0) is 17.0. The van der Waals surface area contributed by atoms with Crippen molar-refractivity contribution in [1.82, 2.24) is 0 Å². The summed E-state index contributed by atoms with van der Waals surface area (Å²) in [5.74, 6) is 2.03. The van der Waals surface area contributed by atoms with Crippen LogP contribution in [0.25, 0.3) is 0 Å². The quantitative estimate of drug-likeness (QED) is 0.668. The van der Waals surface area contributed by atoms with Crippen molar-refractivity contribution in [2.45, 2.75) is 76.9 Å². The standard InChI is InChI=1S/C20H30O2Se/c1-17(2)11-7-9-19(17,5)15(21)13(11)23-14-12-8-10-20(6,16(14)22)18(12,3)4/h11-14H,7-10H2,1-6H3/t11-,12-,13+,14+,19+,20+/m1/s1. The van der Waals surface area contributed by atoms with Crippen LogP contribution in [-0.2, 0) is 9.59 Å². The zero-order valence-corrected chi connectivity index (χ0v) is 17.1. The van der Waals surface area contributed by atoms with Gasteiger partial charge in [0.05, 0.1) is 0 Å². The van der Waals surface area contributed by atoms with Crippen LogP contribution in [0.15, 0.2) is 0 Å². The molecule has 0 heterocycles. The maximum atomic E-state index is 13.2. The Morgan fingerprint density at radius 1 is 0.739 bits per heavy atom. The van der Waals surface area contributed by atoms with Gasteiger partial charge in [0.2, 0.25) is 0 Å². The summed E-state index contributed by atoms with van der Waals surface area (Å²) in [4.78, 5) is 26.7. The summed E-state index contributed by atoms with van der Waals surface area (Å²) in [5.41, 5.74) is -0.0263. The van der Waals surface area contributed by atoms with Crippen LogP contribution < -0.4 is 0 Å². The summed E-state index contributed by atoms with van der Waals surface area (Å²) in [7, 11) is 0. The minimum absolute atomic E-state index is 0.122. The average Bonchev–Trinajstić information content (AvgIpc) is 2.93. The predicted octanol–water partition coefficient (Wildman–Crippen LogP) is 4.32. The van der Waals surface area contributed by atoms with E-state index in [0.29, 0.717) is 23.4 Å². The van der Waals surface area contributed by atoms with Crippen molar-refractivity contribution in [3.05, 3.63) is 0 Å². The Balaban J connectivity index is 1.64. The van der Waals surface area contributed by atoms with Crippen LogP contribution in [-0.4, -0.2) is 26.5 Å². The first-order valence-electron chi connectivity index (χ1n) is 9.22. The second-order valence-corrected chi connectivity index (χ2v) is 12.8. The maximum absolute atomic E-state index is 13.2. The van der Waals surface area contributed by atoms with E-state index in [9.17, 15) is 9.59 Å². The molecule has 0 unspecified atom stereocenters. The van der Waals surface area contributed by atoms with Gasteiger partial charge < -0.3 is 0 Å². The molecule has 128 valence electrons. The monoisotopic (exact) mass is 382 g/mol. The Labute approximate surface area is 146 Å². The van der Waals surface area contributed by atoms with E-state index >= 15 is 0 Å². The molecule has 0 aromatic carbocycles. The van der Waals surface area contributed by atoms with E-state index in [-0.39, 0.29) is 46.2 Å². The Morgan fingerprint density at radius 3 is 1.35 bits per heavy atom. The molecule has 4 bridgehead atoms. The van der Waals surface area contributed by atoms with Crippen LogP contribution in [0.2, 0.25) is 9.63 Å². The first-order chi connectivity index (χ1) is 10.5. The van der Waals surface area contributed by atoms with Crippen molar-refractivity contribution in [1.29, 1.82) is 0 Å². The molecular formula is C20H30O2Se. The molecule has 4 fully saturated rings. The van der Waals surface area contributed by atoms with E-state index in [0.717, 1.165) is 12.8 Å². The van der Waals surface area contributed by atoms with Crippen LogP contribution >= 0.6 is 0 Å². The van der Waals surface area contributed by atoms with Crippen molar-refractivity contribution in [3.63, 3.8) is 0 Å². The van der Waals surface area contributed by atoms with E-state index in [1.165, 1.54) is 12.8 Å². The first kappa shape index (κ1) is 16.3. The third-order valence-corrected chi connectivity index (χ3v) is 12.7. The summed E-state index contributed by atoms with van der Waals surface area (Å²) in [5, 5.41) is 0. The molecule has 4 aliphatic rings. The molecule has 6 atom stereocenters. The van der Waals surface area contributed by atoms with Gasteiger partial charge in [0.25, 0.3) is 0 Å². The third kappa shape index (κ3) is 1.58. The van der Waals surface area contributed by atoms with E-state index in [1.807, 2.05) is 0 Å². The predicted molar refractivity (Wildman–Crippen MR) is 92.5 cm³/mol. The van der Waals surface area contributed by atoms with Crippen molar-refractivity contribution >= 4 is 26.5 Å². The van der Waals surface area contributed by atoms with Crippen LogP contribution in [0.5, 0.6) is 0 Å².